The van der Waals surface area contributed by atoms with Gasteiger partial charge in [-0.2, -0.15) is 0 Å². The summed E-state index contributed by atoms with van der Waals surface area (Å²) in [6.07, 6.45) is 1.59. The molecule has 0 bridgehead atoms. The smallest absolute Gasteiger partial charge is 0.274 e. The monoisotopic (exact) mass is 393 g/mol. The maximum Gasteiger partial charge on any atom is 0.274 e. The summed E-state index contributed by atoms with van der Waals surface area (Å²) in [7, 11) is 3.17. The molecule has 1 amide bonds. The maximum absolute atomic E-state index is 12.4. The number of hydrogen-bond acceptors (Lipinski definition) is 7. The number of rotatable bonds is 6. The third-order valence-electron chi connectivity index (χ3n) is 4.30. The molecule has 0 aliphatic carbocycles. The number of ether oxygens (including phenoxy) is 4. The number of carbonyl (C=O) groups excluding carboxylic acids is 1. The predicted octanol–water partition coefficient (Wildman–Crippen LogP) is 3.82. The van der Waals surface area contributed by atoms with Gasteiger partial charge < -0.3 is 29.6 Å². The fourth-order valence-electron chi connectivity index (χ4n) is 2.85. The average Bonchev–Trinajstić information content (AvgIpc) is 3.22. The fraction of sp³-hybridized carbons (Fsp3) is 0.143. The van der Waals surface area contributed by atoms with Gasteiger partial charge in [0.15, 0.2) is 23.0 Å². The number of anilines is 3. The van der Waals surface area contributed by atoms with Gasteiger partial charge in [-0.15, -0.1) is 0 Å². The molecule has 4 rings (SSSR count). The Labute approximate surface area is 167 Å². The zero-order valence-corrected chi connectivity index (χ0v) is 15.9. The van der Waals surface area contributed by atoms with Crippen molar-refractivity contribution in [2.45, 2.75) is 0 Å². The lowest BCUT2D eigenvalue weighted by molar-refractivity contribution is 0.102. The van der Waals surface area contributed by atoms with E-state index in [-0.39, 0.29) is 12.7 Å². The lowest BCUT2D eigenvalue weighted by Gasteiger charge is -2.11. The first-order valence-electron chi connectivity index (χ1n) is 8.82. The first-order valence-corrected chi connectivity index (χ1v) is 8.82. The number of nitrogens with zero attached hydrogens (tertiary/aromatic N) is 1. The van der Waals surface area contributed by atoms with Crippen LogP contribution < -0.4 is 29.6 Å². The van der Waals surface area contributed by atoms with E-state index in [1.807, 2.05) is 18.2 Å². The van der Waals surface area contributed by atoms with E-state index in [2.05, 4.69) is 15.6 Å². The number of carbonyl (C=O) groups is 1. The summed E-state index contributed by atoms with van der Waals surface area (Å²) in [6.45, 7) is 0.183. The topological polar surface area (TPSA) is 90.9 Å². The van der Waals surface area contributed by atoms with Crippen molar-refractivity contribution in [3.8, 4) is 23.0 Å². The van der Waals surface area contributed by atoms with Crippen molar-refractivity contribution in [1.29, 1.82) is 0 Å². The summed E-state index contributed by atoms with van der Waals surface area (Å²) >= 11 is 0. The zero-order chi connectivity index (χ0) is 20.2. The van der Waals surface area contributed by atoms with Crippen molar-refractivity contribution in [3.63, 3.8) is 0 Å². The summed E-state index contributed by atoms with van der Waals surface area (Å²) in [5, 5.41) is 6.01. The molecule has 8 heteroatoms. The highest BCUT2D eigenvalue weighted by atomic mass is 16.7. The van der Waals surface area contributed by atoms with E-state index in [0.717, 1.165) is 11.4 Å². The molecule has 29 heavy (non-hydrogen) atoms. The van der Waals surface area contributed by atoms with Crippen LogP contribution in [0.5, 0.6) is 23.0 Å². The van der Waals surface area contributed by atoms with Crippen LogP contribution in [0.15, 0.2) is 54.7 Å². The molecule has 8 nitrogen and oxygen atoms in total. The van der Waals surface area contributed by atoms with Crippen LogP contribution >= 0.6 is 0 Å². The molecule has 2 heterocycles. The lowest BCUT2D eigenvalue weighted by atomic mass is 10.2. The minimum atomic E-state index is -0.318. The van der Waals surface area contributed by atoms with Crippen LogP contribution in [-0.4, -0.2) is 31.9 Å². The highest BCUT2D eigenvalue weighted by molar-refractivity contribution is 6.03. The van der Waals surface area contributed by atoms with Gasteiger partial charge in [0, 0.05) is 23.5 Å². The van der Waals surface area contributed by atoms with Gasteiger partial charge in [-0.05, 0) is 36.4 Å². The van der Waals surface area contributed by atoms with Crippen LogP contribution in [0.3, 0.4) is 0 Å². The molecule has 1 aromatic heterocycles. The number of nitrogens with one attached hydrogen (secondary N) is 2. The van der Waals surface area contributed by atoms with Crippen molar-refractivity contribution >= 4 is 23.0 Å². The third-order valence-corrected chi connectivity index (χ3v) is 4.30. The molecular formula is C21H19N3O5. The molecule has 2 N–H and O–H groups in total. The number of benzene rings is 2. The molecule has 148 valence electrons. The Morgan fingerprint density at radius 2 is 1.66 bits per heavy atom. The van der Waals surface area contributed by atoms with E-state index in [0.29, 0.717) is 34.4 Å². The van der Waals surface area contributed by atoms with Crippen molar-refractivity contribution < 1.29 is 23.7 Å². The van der Waals surface area contributed by atoms with Gasteiger partial charge in [0.05, 0.1) is 26.1 Å². The SMILES string of the molecule is COc1ccc(Nc2ccc(C(=O)Nc3ccc4c(c3)OCO4)nc2)cc1OC. The maximum atomic E-state index is 12.4. The summed E-state index contributed by atoms with van der Waals surface area (Å²) in [4.78, 5) is 16.7. The van der Waals surface area contributed by atoms with Gasteiger partial charge in [0.25, 0.3) is 5.91 Å². The molecule has 0 radical (unpaired) electrons. The van der Waals surface area contributed by atoms with Crippen molar-refractivity contribution in [1.82, 2.24) is 4.98 Å². The standard InChI is InChI=1S/C21H19N3O5/c1-26-17-7-4-13(9-19(17)27-2)23-15-3-6-16(22-11-15)21(25)24-14-5-8-18-20(10-14)29-12-28-18/h3-11,23H,12H2,1-2H3,(H,24,25). The zero-order valence-electron chi connectivity index (χ0n) is 15.9. The molecule has 0 saturated carbocycles. The molecule has 0 unspecified atom stereocenters. The second-order valence-electron chi connectivity index (χ2n) is 6.15. The Kier molecular flexibility index (Phi) is 5.07. The van der Waals surface area contributed by atoms with Crippen LogP contribution in [0, 0.1) is 0 Å². The first-order chi connectivity index (χ1) is 14.2. The second-order valence-corrected chi connectivity index (χ2v) is 6.15. The number of amides is 1. The number of fused-ring (bicyclic) bond motifs is 1. The van der Waals surface area contributed by atoms with Crippen molar-refractivity contribution in [2.75, 3.05) is 31.6 Å². The normalized spacial score (nSPS) is 11.7. The van der Waals surface area contributed by atoms with E-state index < -0.39 is 0 Å². The van der Waals surface area contributed by atoms with Gasteiger partial charge in [-0.25, -0.2) is 4.98 Å². The number of hydrogen-bond donors (Lipinski definition) is 2. The van der Waals surface area contributed by atoms with Crippen LogP contribution in [0.1, 0.15) is 10.5 Å². The molecule has 2 aromatic carbocycles. The van der Waals surface area contributed by atoms with Gasteiger partial charge in [0.1, 0.15) is 5.69 Å². The molecule has 0 atom stereocenters. The van der Waals surface area contributed by atoms with Gasteiger partial charge in [0.2, 0.25) is 6.79 Å². The summed E-state index contributed by atoms with van der Waals surface area (Å²) < 4.78 is 21.1. The van der Waals surface area contributed by atoms with E-state index in [4.69, 9.17) is 18.9 Å². The third kappa shape index (κ3) is 4.01. The van der Waals surface area contributed by atoms with Crippen molar-refractivity contribution in [2.24, 2.45) is 0 Å². The second kappa shape index (κ2) is 7.97. The Hall–Kier alpha value is -3.94. The number of pyridine rings is 1. The largest absolute Gasteiger partial charge is 0.493 e. The molecule has 0 fully saturated rings. The van der Waals surface area contributed by atoms with Crippen LogP contribution in [0.2, 0.25) is 0 Å². The molecule has 0 saturated heterocycles. The van der Waals surface area contributed by atoms with Gasteiger partial charge in [-0.3, -0.25) is 4.79 Å². The molecular weight excluding hydrogens is 374 g/mol. The highest BCUT2D eigenvalue weighted by Crippen LogP contribution is 2.34. The van der Waals surface area contributed by atoms with E-state index in [1.165, 1.54) is 0 Å². The van der Waals surface area contributed by atoms with Crippen LogP contribution in [-0.2, 0) is 0 Å². The lowest BCUT2D eigenvalue weighted by Crippen LogP contribution is -2.13. The summed E-state index contributed by atoms with van der Waals surface area (Å²) in [6, 6.07) is 14.1. The van der Waals surface area contributed by atoms with Crippen LogP contribution in [0.25, 0.3) is 0 Å². The van der Waals surface area contributed by atoms with E-state index >= 15 is 0 Å². The van der Waals surface area contributed by atoms with E-state index in [1.54, 1.807) is 50.7 Å². The number of aromatic nitrogens is 1. The fourth-order valence-corrected chi connectivity index (χ4v) is 2.85. The van der Waals surface area contributed by atoms with Gasteiger partial charge >= 0.3 is 0 Å². The Morgan fingerprint density at radius 1 is 0.897 bits per heavy atom. The molecule has 0 spiro atoms. The van der Waals surface area contributed by atoms with E-state index in [9.17, 15) is 4.79 Å². The van der Waals surface area contributed by atoms with Gasteiger partial charge in [-0.1, -0.05) is 0 Å². The molecule has 1 aliphatic heterocycles. The summed E-state index contributed by atoms with van der Waals surface area (Å²) in [5.74, 6) is 2.20. The molecule has 1 aliphatic rings. The Balaban J connectivity index is 1.43. The quantitative estimate of drug-likeness (QED) is 0.658. The number of methoxy groups -OCH3 is 2. The Morgan fingerprint density at radius 3 is 2.41 bits per heavy atom. The minimum absolute atomic E-state index is 0.183. The highest BCUT2D eigenvalue weighted by Gasteiger charge is 2.15. The minimum Gasteiger partial charge on any atom is -0.493 e. The van der Waals surface area contributed by atoms with Crippen LogP contribution in [0.4, 0.5) is 17.1 Å². The Bertz CT molecular complexity index is 1040. The first kappa shape index (κ1) is 18.4. The summed E-state index contributed by atoms with van der Waals surface area (Å²) in [5.41, 5.74) is 2.44. The average molecular weight is 393 g/mol. The van der Waals surface area contributed by atoms with Crippen molar-refractivity contribution in [3.05, 3.63) is 60.4 Å². The molecule has 3 aromatic rings. The predicted molar refractivity (Wildman–Crippen MR) is 108 cm³/mol.